The molecular formula is C17H24N2OS. The lowest BCUT2D eigenvalue weighted by atomic mass is 10.1. The van der Waals surface area contributed by atoms with Gasteiger partial charge in [0, 0.05) is 43.0 Å². The van der Waals surface area contributed by atoms with Gasteiger partial charge in [0.05, 0.1) is 11.5 Å². The fraction of sp³-hybridized carbons (Fsp3) is 0.647. The highest BCUT2D eigenvalue weighted by atomic mass is 32.1. The Morgan fingerprint density at radius 1 is 1.29 bits per heavy atom. The fourth-order valence-electron chi connectivity index (χ4n) is 3.48. The van der Waals surface area contributed by atoms with Crippen molar-refractivity contribution in [1.29, 1.82) is 0 Å². The predicted octanol–water partition coefficient (Wildman–Crippen LogP) is 2.15. The van der Waals surface area contributed by atoms with Crippen LogP contribution in [0.4, 0.5) is 0 Å². The Labute approximate surface area is 131 Å². The third-order valence-corrected chi connectivity index (χ3v) is 5.71. The van der Waals surface area contributed by atoms with Crippen molar-refractivity contribution in [2.45, 2.75) is 44.3 Å². The number of likely N-dealkylation sites (tertiary alicyclic amines) is 1. The molecule has 0 amide bonds. The maximum absolute atomic E-state index is 8.76. The summed E-state index contributed by atoms with van der Waals surface area (Å²) in [5.41, 5.74) is 0. The second-order valence-electron chi connectivity index (χ2n) is 6.12. The molecule has 2 bridgehead atoms. The summed E-state index contributed by atoms with van der Waals surface area (Å²) in [6, 6.07) is 5.88. The van der Waals surface area contributed by atoms with Crippen LogP contribution >= 0.6 is 11.3 Å². The minimum absolute atomic E-state index is 0.148. The van der Waals surface area contributed by atoms with Gasteiger partial charge in [-0.2, -0.15) is 0 Å². The maximum Gasteiger partial charge on any atom is 0.0771 e. The molecule has 114 valence electrons. The Kier molecular flexibility index (Phi) is 4.97. The number of likely N-dealkylation sites (N-methyl/N-ethyl adjacent to an activating group) is 1. The van der Waals surface area contributed by atoms with Gasteiger partial charge in [-0.05, 0) is 38.4 Å². The van der Waals surface area contributed by atoms with E-state index < -0.39 is 0 Å². The van der Waals surface area contributed by atoms with Crippen molar-refractivity contribution in [3.8, 4) is 11.8 Å². The smallest absolute Gasteiger partial charge is 0.0771 e. The molecule has 2 saturated heterocycles. The van der Waals surface area contributed by atoms with Gasteiger partial charge >= 0.3 is 0 Å². The van der Waals surface area contributed by atoms with Crippen molar-refractivity contribution in [2.24, 2.45) is 0 Å². The normalized spacial score (nSPS) is 26.4. The van der Waals surface area contributed by atoms with E-state index in [2.05, 4.69) is 40.8 Å². The van der Waals surface area contributed by atoms with Gasteiger partial charge in [0.2, 0.25) is 0 Å². The topological polar surface area (TPSA) is 26.7 Å². The van der Waals surface area contributed by atoms with Gasteiger partial charge < -0.3 is 5.11 Å². The van der Waals surface area contributed by atoms with Crippen molar-refractivity contribution in [2.75, 3.05) is 26.7 Å². The molecule has 0 aromatic carbocycles. The summed E-state index contributed by atoms with van der Waals surface area (Å²) in [6.07, 6.45) is 4.62. The standard InChI is InChI=1S/C17H24N2OS/c1-18-14-5-6-15(18)12-19(10-9-14)13-17-8-7-16(21-17)4-2-3-11-20/h7-8,14-15,20H,3,5-6,9-13H2,1H3. The molecule has 4 heteroatoms. The van der Waals surface area contributed by atoms with E-state index in [9.17, 15) is 0 Å². The molecule has 2 unspecified atom stereocenters. The molecule has 3 heterocycles. The van der Waals surface area contributed by atoms with Crippen LogP contribution in [0.1, 0.15) is 35.4 Å². The summed E-state index contributed by atoms with van der Waals surface area (Å²) in [4.78, 5) is 7.73. The molecule has 3 nitrogen and oxygen atoms in total. The molecule has 1 aromatic heterocycles. The Hall–Kier alpha value is -0.860. The van der Waals surface area contributed by atoms with Crippen LogP contribution < -0.4 is 0 Å². The minimum Gasteiger partial charge on any atom is -0.395 e. The van der Waals surface area contributed by atoms with Crippen molar-refractivity contribution < 1.29 is 5.11 Å². The van der Waals surface area contributed by atoms with Crippen LogP contribution in [0.15, 0.2) is 12.1 Å². The van der Waals surface area contributed by atoms with Gasteiger partial charge in [-0.1, -0.05) is 11.8 Å². The lowest BCUT2D eigenvalue weighted by Crippen LogP contribution is -2.36. The minimum atomic E-state index is 0.148. The quantitative estimate of drug-likeness (QED) is 0.867. The zero-order valence-electron chi connectivity index (χ0n) is 12.7. The third kappa shape index (κ3) is 3.67. The number of thiophene rings is 1. The first-order chi connectivity index (χ1) is 10.3. The molecule has 0 aliphatic carbocycles. The SMILES string of the molecule is CN1C2CCC1CN(Cc1ccc(C#CCCO)s1)CC2. The van der Waals surface area contributed by atoms with Crippen molar-refractivity contribution >= 4 is 11.3 Å². The zero-order valence-corrected chi connectivity index (χ0v) is 13.5. The van der Waals surface area contributed by atoms with Gasteiger partial charge in [-0.15, -0.1) is 11.3 Å². The lowest BCUT2D eigenvalue weighted by molar-refractivity contribution is 0.215. The second-order valence-corrected chi connectivity index (χ2v) is 7.28. The highest BCUT2D eigenvalue weighted by Gasteiger charge is 2.34. The Morgan fingerprint density at radius 2 is 2.14 bits per heavy atom. The van der Waals surface area contributed by atoms with E-state index in [4.69, 9.17) is 5.11 Å². The lowest BCUT2D eigenvalue weighted by Gasteiger charge is -2.25. The molecule has 1 aromatic rings. The molecule has 21 heavy (non-hydrogen) atoms. The average Bonchev–Trinajstić information content (AvgIpc) is 2.99. The van der Waals surface area contributed by atoms with Crippen LogP contribution in [0.25, 0.3) is 0 Å². The molecule has 2 aliphatic heterocycles. The van der Waals surface area contributed by atoms with E-state index in [0.717, 1.165) is 23.5 Å². The van der Waals surface area contributed by atoms with Crippen molar-refractivity contribution in [3.63, 3.8) is 0 Å². The molecule has 3 rings (SSSR count). The Balaban J connectivity index is 1.58. The van der Waals surface area contributed by atoms with Gasteiger partial charge in [0.15, 0.2) is 0 Å². The van der Waals surface area contributed by atoms with E-state index in [1.165, 1.54) is 37.2 Å². The third-order valence-electron chi connectivity index (χ3n) is 4.72. The van der Waals surface area contributed by atoms with Gasteiger partial charge in [0.25, 0.3) is 0 Å². The summed E-state index contributed by atoms with van der Waals surface area (Å²) in [6.45, 7) is 3.63. The van der Waals surface area contributed by atoms with Crippen LogP contribution in [0.2, 0.25) is 0 Å². The molecule has 0 saturated carbocycles. The van der Waals surface area contributed by atoms with Crippen molar-refractivity contribution in [3.05, 3.63) is 21.9 Å². The molecule has 1 N–H and O–H groups in total. The highest BCUT2D eigenvalue weighted by molar-refractivity contribution is 7.12. The molecule has 2 atom stereocenters. The monoisotopic (exact) mass is 304 g/mol. The van der Waals surface area contributed by atoms with Crippen molar-refractivity contribution in [1.82, 2.24) is 9.80 Å². The van der Waals surface area contributed by atoms with Crippen LogP contribution in [0, 0.1) is 11.8 Å². The largest absolute Gasteiger partial charge is 0.395 e. The van der Waals surface area contributed by atoms with E-state index in [1.54, 1.807) is 11.3 Å². The average molecular weight is 304 g/mol. The molecule has 2 fully saturated rings. The predicted molar refractivity (Wildman–Crippen MR) is 87.4 cm³/mol. The number of fused-ring (bicyclic) bond motifs is 2. The van der Waals surface area contributed by atoms with Crippen LogP contribution in [0.5, 0.6) is 0 Å². The maximum atomic E-state index is 8.76. The first-order valence-corrected chi connectivity index (χ1v) is 8.70. The first kappa shape index (κ1) is 15.1. The summed E-state index contributed by atoms with van der Waals surface area (Å²) in [5.74, 6) is 6.13. The van der Waals surface area contributed by atoms with E-state index in [0.29, 0.717) is 6.42 Å². The number of hydrogen-bond donors (Lipinski definition) is 1. The van der Waals surface area contributed by atoms with Crippen LogP contribution in [0.3, 0.4) is 0 Å². The van der Waals surface area contributed by atoms with Gasteiger partial charge in [-0.25, -0.2) is 0 Å². The van der Waals surface area contributed by atoms with E-state index in [-0.39, 0.29) is 6.61 Å². The van der Waals surface area contributed by atoms with Crippen LogP contribution in [-0.2, 0) is 6.54 Å². The summed E-state index contributed by atoms with van der Waals surface area (Å²) >= 11 is 1.79. The summed E-state index contributed by atoms with van der Waals surface area (Å²) in [7, 11) is 2.30. The molecule has 2 aliphatic rings. The Morgan fingerprint density at radius 3 is 3.00 bits per heavy atom. The van der Waals surface area contributed by atoms with Gasteiger partial charge in [-0.3, -0.25) is 9.80 Å². The number of aliphatic hydroxyl groups excluding tert-OH is 1. The fourth-order valence-corrected chi connectivity index (χ4v) is 4.40. The number of nitrogens with zero attached hydrogens (tertiary/aromatic N) is 2. The van der Waals surface area contributed by atoms with E-state index in [1.807, 2.05) is 0 Å². The van der Waals surface area contributed by atoms with E-state index >= 15 is 0 Å². The molecule has 0 radical (unpaired) electrons. The number of aliphatic hydroxyl groups is 1. The van der Waals surface area contributed by atoms with Gasteiger partial charge in [0.1, 0.15) is 0 Å². The first-order valence-electron chi connectivity index (χ1n) is 7.89. The number of hydrogen-bond acceptors (Lipinski definition) is 4. The highest BCUT2D eigenvalue weighted by Crippen LogP contribution is 2.29. The molecule has 0 spiro atoms. The number of rotatable bonds is 3. The summed E-state index contributed by atoms with van der Waals surface area (Å²) < 4.78 is 0. The second kappa shape index (κ2) is 6.93. The summed E-state index contributed by atoms with van der Waals surface area (Å²) in [5, 5.41) is 8.76. The van der Waals surface area contributed by atoms with Crippen LogP contribution in [-0.4, -0.2) is 53.7 Å². The molecular weight excluding hydrogens is 280 g/mol. The zero-order chi connectivity index (χ0) is 14.7. The Bertz CT molecular complexity index is 530.